The van der Waals surface area contributed by atoms with Crippen molar-refractivity contribution in [3.8, 4) is 0 Å². The Balaban J connectivity index is 1.64. The number of carbonyl (C=O) groups excluding carboxylic acids is 2. The van der Waals surface area contributed by atoms with Gasteiger partial charge in [-0.05, 0) is 34.5 Å². The van der Waals surface area contributed by atoms with Crippen LogP contribution in [0.1, 0.15) is 21.7 Å². The molecule has 0 amide bonds. The van der Waals surface area contributed by atoms with Crippen molar-refractivity contribution in [2.24, 2.45) is 0 Å². The van der Waals surface area contributed by atoms with Gasteiger partial charge in [0.15, 0.2) is 0 Å². The van der Waals surface area contributed by atoms with Crippen molar-refractivity contribution in [3.05, 3.63) is 65.5 Å². The molecule has 0 spiro atoms. The van der Waals surface area contributed by atoms with Crippen molar-refractivity contribution in [3.63, 3.8) is 0 Å². The second-order valence-corrected chi connectivity index (χ2v) is 4.98. The van der Waals surface area contributed by atoms with Crippen molar-refractivity contribution in [1.82, 2.24) is 25.2 Å². The maximum Gasteiger partial charge on any atom is 0.269 e. The molecular weight excluding hydrogens is 301 g/mol. The first-order valence-corrected chi connectivity index (χ1v) is 6.82. The summed E-state index contributed by atoms with van der Waals surface area (Å²) in [5.74, 6) is -1.90. The molecule has 0 aliphatic heterocycles. The zero-order valence-corrected chi connectivity index (χ0v) is 11.9. The van der Waals surface area contributed by atoms with Crippen LogP contribution in [0.2, 0.25) is 0 Å². The number of H-pyrrole nitrogens is 1. The van der Waals surface area contributed by atoms with Crippen LogP contribution in [0.5, 0.6) is 0 Å². The van der Waals surface area contributed by atoms with Gasteiger partial charge in [-0.3, -0.25) is 9.59 Å². The van der Waals surface area contributed by atoms with Crippen LogP contribution in [0.4, 0.5) is 4.39 Å². The molecule has 0 saturated heterocycles. The van der Waals surface area contributed by atoms with Crippen LogP contribution in [0.15, 0.2) is 42.7 Å². The molecular formula is C15H12FN5O2. The third-order valence-electron chi connectivity index (χ3n) is 3.26. The summed E-state index contributed by atoms with van der Waals surface area (Å²) in [5, 5.41) is 12.4. The Morgan fingerprint density at radius 2 is 1.91 bits per heavy atom. The number of halogens is 1. The molecule has 0 atom stereocenters. The predicted molar refractivity (Wildman–Crippen MR) is 77.2 cm³/mol. The van der Waals surface area contributed by atoms with E-state index in [0.717, 1.165) is 5.56 Å². The fourth-order valence-electron chi connectivity index (χ4n) is 2.14. The van der Waals surface area contributed by atoms with Gasteiger partial charge in [-0.15, -0.1) is 10.2 Å². The molecule has 0 radical (unpaired) electrons. The van der Waals surface area contributed by atoms with Crippen LogP contribution < -0.4 is 0 Å². The summed E-state index contributed by atoms with van der Waals surface area (Å²) >= 11 is 0. The van der Waals surface area contributed by atoms with Crippen molar-refractivity contribution in [2.75, 3.05) is 0 Å². The highest BCUT2D eigenvalue weighted by Gasteiger charge is 2.20. The number of Topliss-reactive ketones (excluding diaryl/α,β-unsaturated/α-hetero) is 2. The Morgan fingerprint density at radius 1 is 1.13 bits per heavy atom. The van der Waals surface area contributed by atoms with Gasteiger partial charge in [-0.2, -0.15) is 5.21 Å². The molecule has 1 aromatic carbocycles. The molecule has 0 unspecified atom stereocenters. The van der Waals surface area contributed by atoms with E-state index in [0.29, 0.717) is 12.1 Å². The highest BCUT2D eigenvalue weighted by atomic mass is 19.1. The maximum atomic E-state index is 12.9. The fraction of sp³-hybridized carbons (Fsp3) is 0.133. The zero-order chi connectivity index (χ0) is 16.2. The molecule has 0 bridgehead atoms. The van der Waals surface area contributed by atoms with E-state index in [1.807, 2.05) is 4.57 Å². The zero-order valence-electron chi connectivity index (χ0n) is 11.9. The van der Waals surface area contributed by atoms with Gasteiger partial charge in [0.25, 0.3) is 5.78 Å². The van der Waals surface area contributed by atoms with E-state index in [1.165, 1.54) is 12.1 Å². The first-order valence-electron chi connectivity index (χ1n) is 6.82. The van der Waals surface area contributed by atoms with Crippen LogP contribution in [-0.2, 0) is 17.8 Å². The molecule has 2 aromatic heterocycles. The Kier molecular flexibility index (Phi) is 4.05. The minimum atomic E-state index is -0.773. The Labute approximate surface area is 130 Å². The van der Waals surface area contributed by atoms with Crippen molar-refractivity contribution >= 4 is 11.6 Å². The SMILES string of the molecule is O=C(Cc1ccn(Cc2ccc(F)cc2)c1)C(=O)c1nn[nH]n1. The average Bonchev–Trinajstić information content (AvgIpc) is 3.21. The van der Waals surface area contributed by atoms with Crippen LogP contribution >= 0.6 is 0 Å². The predicted octanol–water partition coefficient (Wildman–Crippen LogP) is 1.18. The van der Waals surface area contributed by atoms with Gasteiger partial charge in [0.1, 0.15) is 5.82 Å². The summed E-state index contributed by atoms with van der Waals surface area (Å²) < 4.78 is 14.7. The minimum Gasteiger partial charge on any atom is -0.350 e. The maximum absolute atomic E-state index is 12.9. The number of tetrazole rings is 1. The smallest absolute Gasteiger partial charge is 0.269 e. The highest BCUT2D eigenvalue weighted by molar-refractivity contribution is 6.43. The van der Waals surface area contributed by atoms with Gasteiger partial charge in [-0.25, -0.2) is 4.39 Å². The number of aromatic nitrogens is 5. The lowest BCUT2D eigenvalue weighted by Gasteiger charge is -2.02. The van der Waals surface area contributed by atoms with Gasteiger partial charge in [0, 0.05) is 25.4 Å². The largest absolute Gasteiger partial charge is 0.350 e. The lowest BCUT2D eigenvalue weighted by Crippen LogP contribution is -2.18. The molecule has 2 heterocycles. The summed E-state index contributed by atoms with van der Waals surface area (Å²) in [7, 11) is 0. The van der Waals surface area contributed by atoms with E-state index in [9.17, 15) is 14.0 Å². The molecule has 1 N–H and O–H groups in total. The lowest BCUT2D eigenvalue weighted by atomic mass is 10.1. The summed E-state index contributed by atoms with van der Waals surface area (Å²) in [5.41, 5.74) is 1.64. The standard InChI is InChI=1S/C15H12FN5O2/c16-12-3-1-10(2-4-12)8-21-6-5-11(9-21)7-13(22)14(23)15-17-19-20-18-15/h1-6,9H,7-8H2,(H,17,18,19,20). The second kappa shape index (κ2) is 6.30. The average molecular weight is 313 g/mol. The van der Waals surface area contributed by atoms with Gasteiger partial charge >= 0.3 is 0 Å². The van der Waals surface area contributed by atoms with Gasteiger partial charge < -0.3 is 4.57 Å². The van der Waals surface area contributed by atoms with Crippen LogP contribution in [0.3, 0.4) is 0 Å². The Bertz CT molecular complexity index is 824. The number of hydrogen-bond acceptors (Lipinski definition) is 5. The molecule has 23 heavy (non-hydrogen) atoms. The molecule has 0 fully saturated rings. The molecule has 0 aliphatic carbocycles. The molecule has 116 valence electrons. The number of nitrogens with zero attached hydrogens (tertiary/aromatic N) is 4. The molecule has 3 rings (SSSR count). The van der Waals surface area contributed by atoms with E-state index < -0.39 is 11.6 Å². The normalized spacial score (nSPS) is 10.7. The number of nitrogens with one attached hydrogen (secondary N) is 1. The van der Waals surface area contributed by atoms with Crippen LogP contribution in [0, 0.1) is 5.82 Å². The fourth-order valence-corrected chi connectivity index (χ4v) is 2.14. The van der Waals surface area contributed by atoms with Crippen LogP contribution in [0.25, 0.3) is 0 Å². The van der Waals surface area contributed by atoms with Crippen molar-refractivity contribution < 1.29 is 14.0 Å². The second-order valence-electron chi connectivity index (χ2n) is 4.98. The number of ketones is 2. The Hall–Kier alpha value is -3.16. The Morgan fingerprint density at radius 3 is 2.61 bits per heavy atom. The quantitative estimate of drug-likeness (QED) is 0.545. The summed E-state index contributed by atoms with van der Waals surface area (Å²) in [6.07, 6.45) is 3.53. The number of rotatable bonds is 6. The molecule has 3 aromatic rings. The first kappa shape index (κ1) is 14.8. The molecule has 0 saturated carbocycles. The summed E-state index contributed by atoms with van der Waals surface area (Å²) in [6, 6.07) is 7.94. The minimum absolute atomic E-state index is 0.0379. The van der Waals surface area contributed by atoms with Gasteiger partial charge in [0.2, 0.25) is 11.6 Å². The van der Waals surface area contributed by atoms with Gasteiger partial charge in [0.05, 0.1) is 0 Å². The topological polar surface area (TPSA) is 93.5 Å². The number of aromatic amines is 1. The van der Waals surface area contributed by atoms with E-state index in [4.69, 9.17) is 0 Å². The summed E-state index contributed by atoms with van der Waals surface area (Å²) in [4.78, 5) is 23.7. The first-order chi connectivity index (χ1) is 11.1. The third kappa shape index (κ3) is 3.54. The number of carbonyl (C=O) groups is 2. The third-order valence-corrected chi connectivity index (χ3v) is 3.26. The van der Waals surface area contributed by atoms with E-state index in [2.05, 4.69) is 20.6 Å². The van der Waals surface area contributed by atoms with E-state index in [-0.39, 0.29) is 18.1 Å². The lowest BCUT2D eigenvalue weighted by molar-refractivity contribution is -0.114. The van der Waals surface area contributed by atoms with Gasteiger partial charge in [-0.1, -0.05) is 12.1 Å². The molecule has 8 heteroatoms. The monoisotopic (exact) mass is 313 g/mol. The number of hydrogen-bond donors (Lipinski definition) is 1. The molecule has 0 aliphatic rings. The molecule has 7 nitrogen and oxygen atoms in total. The highest BCUT2D eigenvalue weighted by Crippen LogP contribution is 2.09. The number of benzene rings is 1. The van der Waals surface area contributed by atoms with Crippen molar-refractivity contribution in [1.29, 1.82) is 0 Å². The van der Waals surface area contributed by atoms with E-state index in [1.54, 1.807) is 30.6 Å². The van der Waals surface area contributed by atoms with E-state index >= 15 is 0 Å². The summed E-state index contributed by atoms with van der Waals surface area (Å²) in [6.45, 7) is 0.549. The van der Waals surface area contributed by atoms with Crippen molar-refractivity contribution in [2.45, 2.75) is 13.0 Å². The van der Waals surface area contributed by atoms with Crippen LogP contribution in [-0.4, -0.2) is 36.8 Å².